The van der Waals surface area contributed by atoms with E-state index in [-0.39, 0.29) is 12.3 Å². The highest BCUT2D eigenvalue weighted by Gasteiger charge is 2.19. The molecule has 7 nitrogen and oxygen atoms in total. The number of benzene rings is 1. The molecule has 1 N–H and O–H groups in total. The van der Waals surface area contributed by atoms with E-state index in [0.717, 1.165) is 31.5 Å². The quantitative estimate of drug-likeness (QED) is 0.858. The first kappa shape index (κ1) is 18.0. The van der Waals surface area contributed by atoms with Gasteiger partial charge >= 0.3 is 0 Å². The summed E-state index contributed by atoms with van der Waals surface area (Å²) in [5, 5.41) is 2.93. The predicted molar refractivity (Wildman–Crippen MR) is 103 cm³/mol. The molecule has 1 aliphatic heterocycles. The van der Waals surface area contributed by atoms with Crippen molar-refractivity contribution in [1.29, 1.82) is 0 Å². The van der Waals surface area contributed by atoms with Gasteiger partial charge in [-0.05, 0) is 18.9 Å². The van der Waals surface area contributed by atoms with Crippen LogP contribution in [0, 0.1) is 0 Å². The summed E-state index contributed by atoms with van der Waals surface area (Å²) in [6.45, 7) is 1.96. The zero-order chi connectivity index (χ0) is 18.5. The van der Waals surface area contributed by atoms with Crippen molar-refractivity contribution in [2.24, 2.45) is 0 Å². The van der Waals surface area contributed by atoms with Gasteiger partial charge in [0.15, 0.2) is 5.82 Å². The molecule has 1 saturated heterocycles. The van der Waals surface area contributed by atoms with Crippen LogP contribution in [-0.4, -0.2) is 50.2 Å². The summed E-state index contributed by atoms with van der Waals surface area (Å²) in [6, 6.07) is 7.51. The maximum absolute atomic E-state index is 12.5. The first-order chi connectivity index (χ1) is 12.6. The number of amides is 1. The van der Waals surface area contributed by atoms with Gasteiger partial charge in [0.2, 0.25) is 11.9 Å². The molecular weight excluding hydrogens is 330 g/mol. The van der Waals surface area contributed by atoms with E-state index in [0.29, 0.717) is 23.2 Å². The van der Waals surface area contributed by atoms with Crippen LogP contribution in [0.2, 0.25) is 0 Å². The topological polar surface area (TPSA) is 70.6 Å². The van der Waals surface area contributed by atoms with Gasteiger partial charge in [-0.15, -0.1) is 0 Å². The molecule has 1 aromatic carbocycles. The molecule has 1 aliphatic rings. The zero-order valence-electron chi connectivity index (χ0n) is 15.5. The maximum atomic E-state index is 12.5. The number of hydrogen-bond donors (Lipinski definition) is 1. The Morgan fingerprint density at radius 2 is 2.00 bits per heavy atom. The number of para-hydroxylation sites is 1. The molecule has 7 heteroatoms. The van der Waals surface area contributed by atoms with Crippen molar-refractivity contribution in [2.75, 3.05) is 49.4 Å². The minimum Gasteiger partial charge on any atom is -0.496 e. The van der Waals surface area contributed by atoms with Gasteiger partial charge in [0, 0.05) is 32.7 Å². The minimum absolute atomic E-state index is 0.130. The number of hydrogen-bond acceptors (Lipinski definition) is 6. The third-order valence-corrected chi connectivity index (χ3v) is 4.39. The molecule has 1 amide bonds. The van der Waals surface area contributed by atoms with Crippen molar-refractivity contribution < 1.29 is 9.53 Å². The fourth-order valence-electron chi connectivity index (χ4n) is 3.08. The van der Waals surface area contributed by atoms with Crippen LogP contribution < -0.4 is 19.9 Å². The minimum atomic E-state index is -0.130. The molecule has 3 rings (SSSR count). The molecule has 0 aliphatic carbocycles. The highest BCUT2D eigenvalue weighted by molar-refractivity contribution is 5.95. The van der Waals surface area contributed by atoms with Gasteiger partial charge in [-0.1, -0.05) is 18.2 Å². The number of anilines is 3. The average Bonchev–Trinajstić information content (AvgIpc) is 3.17. The van der Waals surface area contributed by atoms with Gasteiger partial charge in [-0.2, -0.15) is 4.98 Å². The molecule has 0 atom stereocenters. The van der Waals surface area contributed by atoms with Crippen LogP contribution >= 0.6 is 0 Å². The fourth-order valence-corrected chi connectivity index (χ4v) is 3.08. The largest absolute Gasteiger partial charge is 0.496 e. The molecule has 0 radical (unpaired) electrons. The molecule has 0 spiro atoms. The Balaban J connectivity index is 1.76. The zero-order valence-corrected chi connectivity index (χ0v) is 15.5. The van der Waals surface area contributed by atoms with Crippen LogP contribution in [0.4, 0.5) is 17.5 Å². The van der Waals surface area contributed by atoms with Crippen LogP contribution in [0.25, 0.3) is 0 Å². The highest BCUT2D eigenvalue weighted by atomic mass is 16.5. The molecule has 1 fully saturated rings. The molecule has 26 heavy (non-hydrogen) atoms. The van der Waals surface area contributed by atoms with E-state index in [9.17, 15) is 4.79 Å². The van der Waals surface area contributed by atoms with Crippen molar-refractivity contribution in [2.45, 2.75) is 19.3 Å². The third kappa shape index (κ3) is 4.04. The Kier molecular flexibility index (Phi) is 5.55. The van der Waals surface area contributed by atoms with E-state index in [1.165, 1.54) is 0 Å². The number of aromatic nitrogens is 2. The lowest BCUT2D eigenvalue weighted by Crippen LogP contribution is -2.24. The van der Waals surface area contributed by atoms with E-state index in [1.807, 2.05) is 43.3 Å². The molecular formula is C19H25N5O2. The molecule has 0 bridgehead atoms. The van der Waals surface area contributed by atoms with Gasteiger partial charge in [0.05, 0.1) is 19.7 Å². The summed E-state index contributed by atoms with van der Waals surface area (Å²) in [7, 11) is 5.42. The lowest BCUT2D eigenvalue weighted by molar-refractivity contribution is -0.115. The van der Waals surface area contributed by atoms with Gasteiger partial charge in [-0.25, -0.2) is 4.98 Å². The summed E-state index contributed by atoms with van der Waals surface area (Å²) < 4.78 is 5.31. The summed E-state index contributed by atoms with van der Waals surface area (Å²) >= 11 is 0. The van der Waals surface area contributed by atoms with Crippen molar-refractivity contribution in [3.63, 3.8) is 0 Å². The molecule has 0 unspecified atom stereocenters. The Labute approximate surface area is 154 Å². The Bertz CT molecular complexity index is 772. The highest BCUT2D eigenvalue weighted by Crippen LogP contribution is 2.26. The van der Waals surface area contributed by atoms with E-state index in [1.54, 1.807) is 13.3 Å². The van der Waals surface area contributed by atoms with Crippen molar-refractivity contribution >= 4 is 23.4 Å². The lowest BCUT2D eigenvalue weighted by atomic mass is 10.1. The first-order valence-corrected chi connectivity index (χ1v) is 8.79. The number of carbonyl (C=O) groups is 1. The molecule has 2 heterocycles. The third-order valence-electron chi connectivity index (χ3n) is 4.39. The Morgan fingerprint density at radius 3 is 2.69 bits per heavy atom. The van der Waals surface area contributed by atoms with Crippen LogP contribution in [0.5, 0.6) is 5.75 Å². The smallest absolute Gasteiger partial charge is 0.229 e. The van der Waals surface area contributed by atoms with E-state index in [2.05, 4.69) is 20.2 Å². The van der Waals surface area contributed by atoms with Gasteiger partial charge in [0.1, 0.15) is 11.4 Å². The van der Waals surface area contributed by atoms with Crippen LogP contribution in [0.1, 0.15) is 18.4 Å². The van der Waals surface area contributed by atoms with E-state index >= 15 is 0 Å². The van der Waals surface area contributed by atoms with E-state index in [4.69, 9.17) is 4.74 Å². The number of ether oxygens (including phenoxy) is 1. The SMILES string of the molecule is COc1ccccc1CC(=O)Nc1cnc(N2CCCC2)nc1N(C)C. The number of nitrogens with one attached hydrogen (secondary N) is 1. The number of nitrogens with zero attached hydrogens (tertiary/aromatic N) is 4. The predicted octanol–water partition coefficient (Wildman–Crippen LogP) is 2.33. The van der Waals surface area contributed by atoms with Crippen molar-refractivity contribution in [1.82, 2.24) is 9.97 Å². The number of methoxy groups -OCH3 is 1. The Morgan fingerprint density at radius 1 is 1.27 bits per heavy atom. The monoisotopic (exact) mass is 355 g/mol. The maximum Gasteiger partial charge on any atom is 0.229 e. The standard InChI is InChI=1S/C19H25N5O2/c1-23(2)18-15(13-20-19(22-18)24-10-6-7-11-24)21-17(25)12-14-8-4-5-9-16(14)26-3/h4-5,8-9,13H,6-7,10-12H2,1-3H3,(H,21,25). The normalized spacial score (nSPS) is 13.6. The van der Waals surface area contributed by atoms with Crippen LogP contribution in [0.3, 0.4) is 0 Å². The summed E-state index contributed by atoms with van der Waals surface area (Å²) in [6.07, 6.45) is 4.25. The summed E-state index contributed by atoms with van der Waals surface area (Å²) in [5.41, 5.74) is 1.45. The van der Waals surface area contributed by atoms with Crippen molar-refractivity contribution in [3.8, 4) is 5.75 Å². The van der Waals surface area contributed by atoms with Crippen LogP contribution in [0.15, 0.2) is 30.5 Å². The van der Waals surface area contributed by atoms with Crippen molar-refractivity contribution in [3.05, 3.63) is 36.0 Å². The van der Waals surface area contributed by atoms with Crippen LogP contribution in [-0.2, 0) is 11.2 Å². The Hall–Kier alpha value is -2.83. The van der Waals surface area contributed by atoms with Gasteiger partial charge in [0.25, 0.3) is 0 Å². The second kappa shape index (κ2) is 8.03. The summed E-state index contributed by atoms with van der Waals surface area (Å²) in [5.74, 6) is 2.00. The molecule has 2 aromatic rings. The molecule has 1 aromatic heterocycles. The van der Waals surface area contributed by atoms with E-state index < -0.39 is 0 Å². The molecule has 0 saturated carbocycles. The number of rotatable bonds is 6. The van der Waals surface area contributed by atoms with Gasteiger partial charge in [-0.3, -0.25) is 4.79 Å². The second-order valence-electron chi connectivity index (χ2n) is 6.53. The fraction of sp³-hybridized carbons (Fsp3) is 0.421. The molecule has 138 valence electrons. The number of carbonyl (C=O) groups excluding carboxylic acids is 1. The first-order valence-electron chi connectivity index (χ1n) is 8.79. The summed E-state index contributed by atoms with van der Waals surface area (Å²) in [4.78, 5) is 25.7. The average molecular weight is 355 g/mol. The second-order valence-corrected chi connectivity index (χ2v) is 6.53. The van der Waals surface area contributed by atoms with Gasteiger partial charge < -0.3 is 19.9 Å². The lowest BCUT2D eigenvalue weighted by Gasteiger charge is -2.21.